The van der Waals surface area contributed by atoms with E-state index in [1.807, 2.05) is 29.8 Å². The number of rotatable bonds is 4. The van der Waals surface area contributed by atoms with Gasteiger partial charge in [0.25, 0.3) is 0 Å². The minimum atomic E-state index is -0.0592. The van der Waals surface area contributed by atoms with Gasteiger partial charge in [-0.2, -0.15) is 5.10 Å². The highest BCUT2D eigenvalue weighted by molar-refractivity contribution is 6.31. The van der Waals surface area contributed by atoms with Gasteiger partial charge in [0.2, 0.25) is 0 Å². The van der Waals surface area contributed by atoms with Gasteiger partial charge in [-0.05, 0) is 43.5 Å². The van der Waals surface area contributed by atoms with Crippen molar-refractivity contribution < 1.29 is 0 Å². The summed E-state index contributed by atoms with van der Waals surface area (Å²) in [6, 6.07) is 8.03. The van der Waals surface area contributed by atoms with Crippen molar-refractivity contribution >= 4 is 11.6 Å². The van der Waals surface area contributed by atoms with Gasteiger partial charge in [-0.1, -0.05) is 31.5 Å². The summed E-state index contributed by atoms with van der Waals surface area (Å²) in [6.07, 6.45) is 1.88. The zero-order valence-electron chi connectivity index (χ0n) is 11.7. The average molecular weight is 278 g/mol. The standard InChI is InChI=1S/C15H20ClN3/c1-4-11-8-12(5-2)19(18-11)13-6-7-14(10(3)17)15(16)9-13/h6-10H,4-5,17H2,1-3H3. The highest BCUT2D eigenvalue weighted by atomic mass is 35.5. The van der Waals surface area contributed by atoms with Crippen LogP contribution in [0.15, 0.2) is 24.3 Å². The monoisotopic (exact) mass is 277 g/mol. The van der Waals surface area contributed by atoms with E-state index in [-0.39, 0.29) is 6.04 Å². The Morgan fingerprint density at radius 3 is 2.53 bits per heavy atom. The van der Waals surface area contributed by atoms with Crippen LogP contribution in [0.3, 0.4) is 0 Å². The van der Waals surface area contributed by atoms with Gasteiger partial charge >= 0.3 is 0 Å². The lowest BCUT2D eigenvalue weighted by molar-refractivity contribution is 0.787. The summed E-state index contributed by atoms with van der Waals surface area (Å²) in [5.74, 6) is 0. The molecule has 0 bridgehead atoms. The second-order valence-electron chi connectivity index (χ2n) is 4.74. The molecule has 1 aromatic heterocycles. The van der Waals surface area contributed by atoms with Crippen LogP contribution in [0, 0.1) is 0 Å². The normalized spacial score (nSPS) is 12.7. The second-order valence-corrected chi connectivity index (χ2v) is 5.15. The highest BCUT2D eigenvalue weighted by Crippen LogP contribution is 2.25. The van der Waals surface area contributed by atoms with E-state index in [0.717, 1.165) is 29.8 Å². The summed E-state index contributed by atoms with van der Waals surface area (Å²) in [5, 5.41) is 5.31. The van der Waals surface area contributed by atoms with Crippen LogP contribution in [-0.4, -0.2) is 9.78 Å². The molecule has 0 spiro atoms. The fraction of sp³-hybridized carbons (Fsp3) is 0.400. The number of hydrogen-bond donors (Lipinski definition) is 1. The molecule has 0 saturated heterocycles. The molecule has 1 heterocycles. The molecule has 2 N–H and O–H groups in total. The predicted molar refractivity (Wildman–Crippen MR) is 79.9 cm³/mol. The fourth-order valence-corrected chi connectivity index (χ4v) is 2.49. The molecule has 102 valence electrons. The lowest BCUT2D eigenvalue weighted by atomic mass is 10.1. The number of benzene rings is 1. The van der Waals surface area contributed by atoms with Crippen molar-refractivity contribution in [2.75, 3.05) is 0 Å². The van der Waals surface area contributed by atoms with Crippen molar-refractivity contribution in [1.82, 2.24) is 9.78 Å². The fourth-order valence-electron chi connectivity index (χ4n) is 2.14. The van der Waals surface area contributed by atoms with Crippen LogP contribution < -0.4 is 5.73 Å². The molecule has 0 radical (unpaired) electrons. The molecule has 1 unspecified atom stereocenters. The number of halogens is 1. The summed E-state index contributed by atoms with van der Waals surface area (Å²) in [6.45, 7) is 6.17. The van der Waals surface area contributed by atoms with E-state index >= 15 is 0 Å². The maximum atomic E-state index is 6.29. The third kappa shape index (κ3) is 2.82. The number of hydrogen-bond acceptors (Lipinski definition) is 2. The Morgan fingerprint density at radius 2 is 2.00 bits per heavy atom. The van der Waals surface area contributed by atoms with Crippen molar-refractivity contribution in [3.63, 3.8) is 0 Å². The van der Waals surface area contributed by atoms with E-state index in [1.165, 1.54) is 5.69 Å². The molecule has 0 amide bonds. The average Bonchev–Trinajstić information content (AvgIpc) is 2.81. The Bertz CT molecular complexity index is 573. The van der Waals surface area contributed by atoms with Crippen molar-refractivity contribution in [1.29, 1.82) is 0 Å². The topological polar surface area (TPSA) is 43.8 Å². The van der Waals surface area contributed by atoms with Gasteiger partial charge in [-0.25, -0.2) is 4.68 Å². The largest absolute Gasteiger partial charge is 0.324 e. The van der Waals surface area contributed by atoms with Gasteiger partial charge in [-0.15, -0.1) is 0 Å². The van der Waals surface area contributed by atoms with E-state index in [0.29, 0.717) is 5.02 Å². The van der Waals surface area contributed by atoms with E-state index in [4.69, 9.17) is 17.3 Å². The van der Waals surface area contributed by atoms with Gasteiger partial charge in [0.15, 0.2) is 0 Å². The first-order valence-electron chi connectivity index (χ1n) is 6.70. The summed E-state index contributed by atoms with van der Waals surface area (Å²) in [5.41, 5.74) is 10.1. The molecule has 3 nitrogen and oxygen atoms in total. The summed E-state index contributed by atoms with van der Waals surface area (Å²) in [7, 11) is 0. The highest BCUT2D eigenvalue weighted by Gasteiger charge is 2.10. The van der Waals surface area contributed by atoms with Gasteiger partial charge in [0.1, 0.15) is 0 Å². The van der Waals surface area contributed by atoms with Crippen LogP contribution in [0.4, 0.5) is 0 Å². The van der Waals surface area contributed by atoms with Gasteiger partial charge < -0.3 is 5.73 Å². The van der Waals surface area contributed by atoms with Crippen molar-refractivity contribution in [3.05, 3.63) is 46.2 Å². The molecule has 0 aliphatic carbocycles. The molecule has 0 aliphatic rings. The number of aromatic nitrogens is 2. The summed E-state index contributed by atoms with van der Waals surface area (Å²) < 4.78 is 1.97. The minimum Gasteiger partial charge on any atom is -0.324 e. The molecule has 19 heavy (non-hydrogen) atoms. The van der Waals surface area contributed by atoms with Gasteiger partial charge in [0, 0.05) is 16.8 Å². The minimum absolute atomic E-state index is 0.0592. The SMILES string of the molecule is CCc1cc(CC)n(-c2ccc(C(C)N)c(Cl)c2)n1. The van der Waals surface area contributed by atoms with Gasteiger partial charge in [0.05, 0.1) is 11.4 Å². The number of nitrogens with zero attached hydrogens (tertiary/aromatic N) is 2. The van der Waals surface area contributed by atoms with E-state index in [9.17, 15) is 0 Å². The lowest BCUT2D eigenvalue weighted by Gasteiger charge is -2.11. The molecular formula is C15H20ClN3. The molecule has 0 aliphatic heterocycles. The van der Waals surface area contributed by atoms with E-state index in [1.54, 1.807) is 0 Å². The first-order chi connectivity index (χ1) is 9.06. The first kappa shape index (κ1) is 14.1. The van der Waals surface area contributed by atoms with Crippen LogP contribution in [0.25, 0.3) is 5.69 Å². The second kappa shape index (κ2) is 5.76. The van der Waals surface area contributed by atoms with Gasteiger partial charge in [-0.3, -0.25) is 0 Å². The number of aryl methyl sites for hydroxylation is 2. The quantitative estimate of drug-likeness (QED) is 0.927. The Hall–Kier alpha value is -1.32. The maximum absolute atomic E-state index is 6.29. The van der Waals surface area contributed by atoms with Crippen LogP contribution in [0.2, 0.25) is 5.02 Å². The van der Waals surface area contributed by atoms with Crippen LogP contribution >= 0.6 is 11.6 Å². The van der Waals surface area contributed by atoms with E-state index in [2.05, 4.69) is 25.0 Å². The lowest BCUT2D eigenvalue weighted by Crippen LogP contribution is -2.07. The molecule has 2 aromatic rings. The Kier molecular flexibility index (Phi) is 4.27. The van der Waals surface area contributed by atoms with Crippen molar-refractivity contribution in [2.24, 2.45) is 5.73 Å². The maximum Gasteiger partial charge on any atom is 0.0663 e. The molecular weight excluding hydrogens is 258 g/mol. The Balaban J connectivity index is 2.47. The molecule has 0 fully saturated rings. The Morgan fingerprint density at radius 1 is 1.26 bits per heavy atom. The summed E-state index contributed by atoms with van der Waals surface area (Å²) >= 11 is 6.29. The number of nitrogens with two attached hydrogens (primary N) is 1. The molecule has 4 heteroatoms. The zero-order valence-corrected chi connectivity index (χ0v) is 12.4. The Labute approximate surface area is 119 Å². The smallest absolute Gasteiger partial charge is 0.0663 e. The van der Waals surface area contributed by atoms with E-state index < -0.39 is 0 Å². The molecule has 1 atom stereocenters. The van der Waals surface area contributed by atoms with Crippen LogP contribution in [-0.2, 0) is 12.8 Å². The molecule has 1 aromatic carbocycles. The molecule has 2 rings (SSSR count). The van der Waals surface area contributed by atoms with Crippen LogP contribution in [0.5, 0.6) is 0 Å². The van der Waals surface area contributed by atoms with Crippen molar-refractivity contribution in [3.8, 4) is 5.69 Å². The zero-order chi connectivity index (χ0) is 14.0. The predicted octanol–water partition coefficient (Wildman–Crippen LogP) is 3.67. The van der Waals surface area contributed by atoms with Crippen molar-refractivity contribution in [2.45, 2.75) is 39.7 Å². The first-order valence-corrected chi connectivity index (χ1v) is 7.07. The third-order valence-corrected chi connectivity index (χ3v) is 3.60. The third-order valence-electron chi connectivity index (χ3n) is 3.28. The molecule has 0 saturated carbocycles. The summed E-state index contributed by atoms with van der Waals surface area (Å²) in [4.78, 5) is 0. The van der Waals surface area contributed by atoms with Crippen LogP contribution in [0.1, 0.15) is 43.8 Å².